The summed E-state index contributed by atoms with van der Waals surface area (Å²) in [6, 6.07) is 0.394. The van der Waals surface area contributed by atoms with Crippen LogP contribution in [0.1, 0.15) is 38.5 Å². The van der Waals surface area contributed by atoms with Crippen molar-refractivity contribution in [3.8, 4) is 0 Å². The highest BCUT2D eigenvalue weighted by Crippen LogP contribution is 2.19. The van der Waals surface area contributed by atoms with Gasteiger partial charge in [-0.15, -0.1) is 0 Å². The molecule has 0 amide bonds. The van der Waals surface area contributed by atoms with E-state index in [0.717, 1.165) is 45.3 Å². The lowest BCUT2D eigenvalue weighted by Gasteiger charge is -2.31. The van der Waals surface area contributed by atoms with Crippen LogP contribution in [0.4, 0.5) is 0 Å². The van der Waals surface area contributed by atoms with Crippen molar-refractivity contribution in [2.75, 3.05) is 46.0 Å². The maximum Gasteiger partial charge on any atom is 0.213 e. The molecule has 2 saturated heterocycles. The predicted octanol–water partition coefficient (Wildman–Crippen LogP) is 1.12. The molecule has 6 heteroatoms. The van der Waals surface area contributed by atoms with Gasteiger partial charge in [0.15, 0.2) is 0 Å². The molecule has 2 heterocycles. The zero-order valence-electron chi connectivity index (χ0n) is 13.6. The number of nitrogens with zero attached hydrogens (tertiary/aromatic N) is 2. The highest BCUT2D eigenvalue weighted by molar-refractivity contribution is 7.89. The zero-order chi connectivity index (χ0) is 15.3. The fourth-order valence-electron chi connectivity index (χ4n) is 3.34. The summed E-state index contributed by atoms with van der Waals surface area (Å²) in [6.45, 7) is 3.90. The highest BCUT2D eigenvalue weighted by atomic mass is 32.2. The Hall–Kier alpha value is -0.170. The summed E-state index contributed by atoms with van der Waals surface area (Å²) >= 11 is 0. The fourth-order valence-corrected chi connectivity index (χ4v) is 4.67. The average Bonchev–Trinajstić information content (AvgIpc) is 2.48. The van der Waals surface area contributed by atoms with Crippen molar-refractivity contribution >= 4 is 10.0 Å². The van der Waals surface area contributed by atoms with Crippen LogP contribution in [0.3, 0.4) is 0 Å². The van der Waals surface area contributed by atoms with Crippen molar-refractivity contribution in [1.29, 1.82) is 0 Å². The standard InChI is InChI=1S/C15H31N3O2S/c1-17-10-6-14(7-11-17)13-18(2)21(19,20)12-8-15-5-3-4-9-16-15/h14-16H,3-13H2,1-2H3. The van der Waals surface area contributed by atoms with Gasteiger partial charge in [-0.3, -0.25) is 0 Å². The molecule has 21 heavy (non-hydrogen) atoms. The average molecular weight is 317 g/mol. The topological polar surface area (TPSA) is 52.7 Å². The summed E-state index contributed by atoms with van der Waals surface area (Å²) in [7, 11) is 0.792. The third-order valence-corrected chi connectivity index (χ3v) is 6.82. The second-order valence-electron chi connectivity index (χ2n) is 6.78. The Labute approximate surface area is 130 Å². The Balaban J connectivity index is 1.75. The van der Waals surface area contributed by atoms with E-state index in [0.29, 0.717) is 18.5 Å². The maximum atomic E-state index is 12.4. The molecule has 0 radical (unpaired) electrons. The molecule has 0 aromatic heterocycles. The molecular weight excluding hydrogens is 286 g/mol. The molecule has 0 spiro atoms. The molecule has 5 nitrogen and oxygen atoms in total. The van der Waals surface area contributed by atoms with Gasteiger partial charge in [0.25, 0.3) is 0 Å². The van der Waals surface area contributed by atoms with Gasteiger partial charge in [0.05, 0.1) is 5.75 Å². The van der Waals surface area contributed by atoms with Crippen LogP contribution >= 0.6 is 0 Å². The largest absolute Gasteiger partial charge is 0.314 e. The lowest BCUT2D eigenvalue weighted by molar-refractivity contribution is 0.202. The number of sulfonamides is 1. The van der Waals surface area contributed by atoms with Gasteiger partial charge >= 0.3 is 0 Å². The van der Waals surface area contributed by atoms with Crippen LogP contribution in [-0.4, -0.2) is 69.7 Å². The molecule has 124 valence electrons. The van der Waals surface area contributed by atoms with Crippen LogP contribution in [0.2, 0.25) is 0 Å². The number of likely N-dealkylation sites (tertiary alicyclic amines) is 1. The molecule has 0 aromatic rings. The van der Waals surface area contributed by atoms with Crippen molar-refractivity contribution in [2.45, 2.75) is 44.6 Å². The Morgan fingerprint density at radius 3 is 2.52 bits per heavy atom. The van der Waals surface area contributed by atoms with Gasteiger partial charge in [0.1, 0.15) is 0 Å². The van der Waals surface area contributed by atoms with E-state index in [-0.39, 0.29) is 5.75 Å². The van der Waals surface area contributed by atoms with Gasteiger partial charge in [-0.1, -0.05) is 6.42 Å². The Bertz CT molecular complexity index is 399. The van der Waals surface area contributed by atoms with Crippen LogP contribution in [0.25, 0.3) is 0 Å². The minimum atomic E-state index is -3.09. The summed E-state index contributed by atoms with van der Waals surface area (Å²) in [5.41, 5.74) is 0. The van der Waals surface area contributed by atoms with E-state index in [2.05, 4.69) is 17.3 Å². The van der Waals surface area contributed by atoms with E-state index in [1.807, 2.05) is 0 Å². The summed E-state index contributed by atoms with van der Waals surface area (Å²) in [6.07, 6.45) is 6.54. The van der Waals surface area contributed by atoms with E-state index in [1.165, 1.54) is 12.8 Å². The molecule has 2 fully saturated rings. The number of rotatable bonds is 6. The third kappa shape index (κ3) is 5.51. The first-order valence-corrected chi connectivity index (χ1v) is 9.94. The fraction of sp³-hybridized carbons (Fsp3) is 1.00. The van der Waals surface area contributed by atoms with Gasteiger partial charge in [0, 0.05) is 19.6 Å². The third-order valence-electron chi connectivity index (χ3n) is 4.96. The summed E-state index contributed by atoms with van der Waals surface area (Å²) in [5.74, 6) is 0.808. The lowest BCUT2D eigenvalue weighted by atomic mass is 9.97. The van der Waals surface area contributed by atoms with E-state index < -0.39 is 10.0 Å². The van der Waals surface area contributed by atoms with E-state index >= 15 is 0 Å². The Kier molecular flexibility index (Phi) is 6.47. The predicted molar refractivity (Wildman–Crippen MR) is 86.9 cm³/mol. The van der Waals surface area contributed by atoms with Crippen LogP contribution in [0.5, 0.6) is 0 Å². The first kappa shape index (κ1) is 17.2. The van der Waals surface area contributed by atoms with Crippen LogP contribution in [0.15, 0.2) is 0 Å². The first-order valence-electron chi connectivity index (χ1n) is 8.33. The normalized spacial score (nSPS) is 26.3. The molecular formula is C15H31N3O2S. The molecule has 2 aliphatic rings. The molecule has 2 aliphatic heterocycles. The summed E-state index contributed by atoms with van der Waals surface area (Å²) in [5, 5.41) is 3.43. The summed E-state index contributed by atoms with van der Waals surface area (Å²) < 4.78 is 26.4. The quantitative estimate of drug-likeness (QED) is 0.798. The summed E-state index contributed by atoms with van der Waals surface area (Å²) in [4.78, 5) is 2.32. The van der Waals surface area contributed by atoms with Crippen molar-refractivity contribution in [1.82, 2.24) is 14.5 Å². The SMILES string of the molecule is CN1CCC(CN(C)S(=O)(=O)CCC2CCCCN2)CC1. The number of piperidine rings is 2. The van der Waals surface area contributed by atoms with Crippen molar-refractivity contribution in [3.63, 3.8) is 0 Å². The molecule has 0 saturated carbocycles. The highest BCUT2D eigenvalue weighted by Gasteiger charge is 2.25. The Morgan fingerprint density at radius 1 is 1.19 bits per heavy atom. The van der Waals surface area contributed by atoms with Gasteiger partial charge in [0.2, 0.25) is 10.0 Å². The van der Waals surface area contributed by atoms with Crippen molar-refractivity contribution in [3.05, 3.63) is 0 Å². The van der Waals surface area contributed by atoms with Crippen molar-refractivity contribution < 1.29 is 8.42 Å². The second kappa shape index (κ2) is 7.90. The molecule has 0 aromatic carbocycles. The smallest absolute Gasteiger partial charge is 0.213 e. The molecule has 2 rings (SSSR count). The van der Waals surface area contributed by atoms with Gasteiger partial charge < -0.3 is 10.2 Å². The van der Waals surface area contributed by atoms with E-state index in [1.54, 1.807) is 11.4 Å². The first-order chi connectivity index (χ1) is 9.97. The van der Waals surface area contributed by atoms with E-state index in [4.69, 9.17) is 0 Å². The molecule has 1 unspecified atom stereocenters. The van der Waals surface area contributed by atoms with Gasteiger partial charge in [-0.05, 0) is 64.7 Å². The molecule has 1 atom stereocenters. The molecule has 1 N–H and O–H groups in total. The van der Waals surface area contributed by atoms with Crippen molar-refractivity contribution in [2.24, 2.45) is 5.92 Å². The van der Waals surface area contributed by atoms with E-state index in [9.17, 15) is 8.42 Å². The zero-order valence-corrected chi connectivity index (χ0v) is 14.4. The number of hydrogen-bond acceptors (Lipinski definition) is 4. The second-order valence-corrected chi connectivity index (χ2v) is 8.97. The minimum Gasteiger partial charge on any atom is -0.314 e. The van der Waals surface area contributed by atoms with Crippen LogP contribution in [-0.2, 0) is 10.0 Å². The number of hydrogen-bond donors (Lipinski definition) is 1. The minimum absolute atomic E-state index is 0.286. The molecule has 0 aliphatic carbocycles. The Morgan fingerprint density at radius 2 is 1.90 bits per heavy atom. The number of nitrogens with one attached hydrogen (secondary N) is 1. The lowest BCUT2D eigenvalue weighted by Crippen LogP contribution is -2.40. The van der Waals surface area contributed by atoms with Gasteiger partial charge in [-0.2, -0.15) is 0 Å². The van der Waals surface area contributed by atoms with Crippen LogP contribution < -0.4 is 5.32 Å². The van der Waals surface area contributed by atoms with Crippen LogP contribution in [0, 0.1) is 5.92 Å². The van der Waals surface area contributed by atoms with Gasteiger partial charge in [-0.25, -0.2) is 12.7 Å². The monoisotopic (exact) mass is 317 g/mol. The molecule has 0 bridgehead atoms. The maximum absolute atomic E-state index is 12.4.